The van der Waals surface area contributed by atoms with Gasteiger partial charge in [-0.3, -0.25) is 14.5 Å². The number of rotatable bonds is 5. The summed E-state index contributed by atoms with van der Waals surface area (Å²) in [5.41, 5.74) is -0.822. The summed E-state index contributed by atoms with van der Waals surface area (Å²) in [6.45, 7) is 4.52. The van der Waals surface area contributed by atoms with Crippen LogP contribution < -0.4 is 10.6 Å². The molecule has 0 aromatic heterocycles. The van der Waals surface area contributed by atoms with Gasteiger partial charge in [0.15, 0.2) is 0 Å². The summed E-state index contributed by atoms with van der Waals surface area (Å²) < 4.78 is 0. The Balaban J connectivity index is 1.53. The van der Waals surface area contributed by atoms with Crippen molar-refractivity contribution in [1.29, 1.82) is 0 Å². The lowest BCUT2D eigenvalue weighted by molar-refractivity contribution is -0.139. The van der Waals surface area contributed by atoms with Gasteiger partial charge in [-0.05, 0) is 37.0 Å². The number of hydrogen-bond acceptors (Lipinski definition) is 3. The number of carbonyl (C=O) groups is 3. The summed E-state index contributed by atoms with van der Waals surface area (Å²) in [5, 5.41) is 5.84. The lowest BCUT2D eigenvalue weighted by Gasteiger charge is -2.42. The molecule has 6 nitrogen and oxygen atoms in total. The van der Waals surface area contributed by atoms with Gasteiger partial charge in [0.1, 0.15) is 12.1 Å². The average Bonchev–Trinajstić information content (AvgIpc) is 2.87. The van der Waals surface area contributed by atoms with Gasteiger partial charge < -0.3 is 10.6 Å². The fourth-order valence-electron chi connectivity index (χ4n) is 5.19. The molecule has 2 aliphatic carbocycles. The van der Waals surface area contributed by atoms with Crippen LogP contribution in [0, 0.1) is 17.8 Å². The van der Waals surface area contributed by atoms with E-state index in [4.69, 9.17) is 0 Å². The Morgan fingerprint density at radius 3 is 2.38 bits per heavy atom. The van der Waals surface area contributed by atoms with Crippen molar-refractivity contribution in [3.05, 3.63) is 0 Å². The van der Waals surface area contributed by atoms with Gasteiger partial charge in [0.25, 0.3) is 5.91 Å². The number of urea groups is 1. The van der Waals surface area contributed by atoms with Gasteiger partial charge >= 0.3 is 6.03 Å². The zero-order valence-electron chi connectivity index (χ0n) is 16.2. The van der Waals surface area contributed by atoms with Gasteiger partial charge in [0.05, 0.1) is 0 Å². The van der Waals surface area contributed by atoms with Gasteiger partial charge in [-0.25, -0.2) is 4.79 Å². The molecular weight excluding hydrogens is 330 g/mol. The van der Waals surface area contributed by atoms with Crippen LogP contribution in [0.1, 0.15) is 71.6 Å². The van der Waals surface area contributed by atoms with Crippen molar-refractivity contribution >= 4 is 17.8 Å². The van der Waals surface area contributed by atoms with Gasteiger partial charge in [0.2, 0.25) is 5.91 Å². The van der Waals surface area contributed by atoms with E-state index >= 15 is 0 Å². The highest BCUT2D eigenvalue weighted by atomic mass is 16.2. The molecule has 2 atom stereocenters. The molecule has 2 N–H and O–H groups in total. The molecule has 6 heteroatoms. The van der Waals surface area contributed by atoms with Crippen molar-refractivity contribution in [2.24, 2.45) is 17.8 Å². The Hall–Kier alpha value is -1.59. The third-order valence-corrected chi connectivity index (χ3v) is 6.89. The molecule has 3 rings (SSSR count). The number of imide groups is 1. The highest BCUT2D eigenvalue weighted by Crippen LogP contribution is 2.42. The van der Waals surface area contributed by atoms with Crippen molar-refractivity contribution in [3.8, 4) is 0 Å². The van der Waals surface area contributed by atoms with Crippen LogP contribution in [-0.4, -0.2) is 41.4 Å². The van der Waals surface area contributed by atoms with Crippen LogP contribution in [0.3, 0.4) is 0 Å². The maximum absolute atomic E-state index is 13.0. The summed E-state index contributed by atoms with van der Waals surface area (Å²) >= 11 is 0. The molecule has 0 aromatic carbocycles. The van der Waals surface area contributed by atoms with Crippen molar-refractivity contribution in [3.63, 3.8) is 0 Å². The van der Waals surface area contributed by atoms with Gasteiger partial charge in [0, 0.05) is 6.54 Å². The molecule has 2 unspecified atom stereocenters. The standard InChI is InChI=1S/C20H33N3O3/c1-14-7-6-8-15(2)20(14)18(25)23(19(26)22-20)13-17(24)21-12-11-16-9-4-3-5-10-16/h14-16H,3-13H2,1-2H3,(H,21,24)(H,22,26). The lowest BCUT2D eigenvalue weighted by atomic mass is 9.67. The van der Waals surface area contributed by atoms with E-state index in [2.05, 4.69) is 10.6 Å². The smallest absolute Gasteiger partial charge is 0.325 e. The number of nitrogens with one attached hydrogen (secondary N) is 2. The quantitative estimate of drug-likeness (QED) is 0.737. The fourth-order valence-corrected chi connectivity index (χ4v) is 5.19. The fraction of sp³-hybridized carbons (Fsp3) is 0.850. The van der Waals surface area contributed by atoms with Crippen molar-refractivity contribution in [2.75, 3.05) is 13.1 Å². The minimum Gasteiger partial charge on any atom is -0.355 e. The second kappa shape index (κ2) is 7.97. The Kier molecular flexibility index (Phi) is 5.88. The molecule has 3 aliphatic rings. The predicted octanol–water partition coefficient (Wildman–Crippen LogP) is 2.82. The Morgan fingerprint density at radius 2 is 1.73 bits per heavy atom. The molecule has 3 fully saturated rings. The second-order valence-electron chi connectivity index (χ2n) is 8.57. The van der Waals surface area contributed by atoms with Crippen LogP contribution in [0.2, 0.25) is 0 Å². The second-order valence-corrected chi connectivity index (χ2v) is 8.57. The van der Waals surface area contributed by atoms with E-state index < -0.39 is 11.6 Å². The zero-order chi connectivity index (χ0) is 18.7. The number of carbonyl (C=O) groups excluding carboxylic acids is 3. The van der Waals surface area contributed by atoms with Gasteiger partial charge in [-0.15, -0.1) is 0 Å². The topological polar surface area (TPSA) is 78.5 Å². The van der Waals surface area contributed by atoms with Gasteiger partial charge in [-0.1, -0.05) is 52.4 Å². The Morgan fingerprint density at radius 1 is 1.08 bits per heavy atom. The predicted molar refractivity (Wildman–Crippen MR) is 99.4 cm³/mol. The maximum atomic E-state index is 13.0. The zero-order valence-corrected chi connectivity index (χ0v) is 16.2. The molecule has 1 saturated heterocycles. The molecule has 0 aromatic rings. The number of nitrogens with zero attached hydrogens (tertiary/aromatic N) is 1. The third-order valence-electron chi connectivity index (χ3n) is 6.89. The first kappa shape index (κ1) is 19.2. The monoisotopic (exact) mass is 363 g/mol. The summed E-state index contributed by atoms with van der Waals surface area (Å²) in [5.74, 6) is 0.444. The minimum atomic E-state index is -0.822. The van der Waals surface area contributed by atoms with E-state index in [0.717, 1.165) is 30.6 Å². The van der Waals surface area contributed by atoms with E-state index in [1.54, 1.807) is 0 Å². The van der Waals surface area contributed by atoms with Crippen molar-refractivity contribution in [2.45, 2.75) is 77.2 Å². The Labute approximate surface area is 156 Å². The molecule has 146 valence electrons. The molecule has 0 radical (unpaired) electrons. The van der Waals surface area contributed by atoms with Crippen LogP contribution in [0.15, 0.2) is 0 Å². The lowest BCUT2D eigenvalue weighted by Crippen LogP contribution is -2.59. The van der Waals surface area contributed by atoms with E-state index in [-0.39, 0.29) is 30.2 Å². The highest BCUT2D eigenvalue weighted by Gasteiger charge is 2.58. The van der Waals surface area contributed by atoms with E-state index in [9.17, 15) is 14.4 Å². The first-order valence-corrected chi connectivity index (χ1v) is 10.4. The molecular formula is C20H33N3O3. The Bertz CT molecular complexity index is 547. The molecule has 0 bridgehead atoms. The van der Waals surface area contributed by atoms with Crippen LogP contribution >= 0.6 is 0 Å². The minimum absolute atomic E-state index is 0.0991. The molecule has 1 spiro atoms. The highest BCUT2D eigenvalue weighted by molar-refractivity contribution is 6.09. The van der Waals surface area contributed by atoms with E-state index in [1.807, 2.05) is 13.8 Å². The van der Waals surface area contributed by atoms with Crippen LogP contribution in [0.4, 0.5) is 4.79 Å². The molecule has 2 saturated carbocycles. The van der Waals surface area contributed by atoms with E-state index in [0.29, 0.717) is 12.5 Å². The average molecular weight is 364 g/mol. The van der Waals surface area contributed by atoms with Crippen LogP contribution in [-0.2, 0) is 9.59 Å². The third kappa shape index (κ3) is 3.60. The normalized spacial score (nSPS) is 32.8. The summed E-state index contributed by atoms with van der Waals surface area (Å²) in [6, 6.07) is -0.418. The largest absolute Gasteiger partial charge is 0.355 e. The number of amides is 4. The van der Waals surface area contributed by atoms with Crippen LogP contribution in [0.25, 0.3) is 0 Å². The van der Waals surface area contributed by atoms with Crippen molar-refractivity contribution in [1.82, 2.24) is 15.5 Å². The summed E-state index contributed by atoms with van der Waals surface area (Å²) in [7, 11) is 0. The first-order valence-electron chi connectivity index (χ1n) is 10.4. The SMILES string of the molecule is CC1CCCC(C)C12NC(=O)N(CC(=O)NCCC1CCCCC1)C2=O. The van der Waals surface area contributed by atoms with Crippen molar-refractivity contribution < 1.29 is 14.4 Å². The van der Waals surface area contributed by atoms with Gasteiger partial charge in [-0.2, -0.15) is 0 Å². The maximum Gasteiger partial charge on any atom is 0.325 e. The molecule has 4 amide bonds. The summed E-state index contributed by atoms with van der Waals surface area (Å²) in [4.78, 5) is 38.9. The first-order chi connectivity index (χ1) is 12.4. The van der Waals surface area contributed by atoms with Crippen LogP contribution in [0.5, 0.6) is 0 Å². The molecule has 26 heavy (non-hydrogen) atoms. The molecule has 1 heterocycles. The summed E-state index contributed by atoms with van der Waals surface area (Å²) in [6.07, 6.45) is 10.3. The van der Waals surface area contributed by atoms with E-state index in [1.165, 1.54) is 32.1 Å². The molecule has 1 aliphatic heterocycles. The number of hydrogen-bond donors (Lipinski definition) is 2.